The van der Waals surface area contributed by atoms with Gasteiger partial charge in [0, 0.05) is 6.07 Å². The topological polar surface area (TPSA) is 66.0 Å². The molecule has 0 atom stereocenters. The summed E-state index contributed by atoms with van der Waals surface area (Å²) in [6, 6.07) is 1.44. The van der Waals surface area contributed by atoms with Crippen LogP contribution in [0.5, 0.6) is 0 Å². The summed E-state index contributed by atoms with van der Waals surface area (Å²) in [4.78, 5) is 10.6. The lowest BCUT2D eigenvalue weighted by molar-refractivity contribution is 0.0690. The number of carbonyl (C=O) groups is 1. The van der Waals surface area contributed by atoms with Crippen molar-refractivity contribution >= 4 is 21.9 Å². The molecule has 0 aliphatic rings. The highest BCUT2D eigenvalue weighted by atomic mass is 79.9. The van der Waals surface area contributed by atoms with Crippen LogP contribution in [0.25, 0.3) is 11.3 Å². The number of halogens is 4. The monoisotopic (exact) mass is 320 g/mol. The van der Waals surface area contributed by atoms with Crippen LogP contribution in [-0.2, 0) is 0 Å². The van der Waals surface area contributed by atoms with Crippen molar-refractivity contribution in [3.8, 4) is 11.3 Å². The third kappa shape index (κ3) is 1.99. The summed E-state index contributed by atoms with van der Waals surface area (Å²) in [5.41, 5.74) is -1.20. The van der Waals surface area contributed by atoms with Crippen molar-refractivity contribution in [3.63, 3.8) is 0 Å². The largest absolute Gasteiger partial charge is 0.477 e. The lowest BCUT2D eigenvalue weighted by Gasteiger charge is -2.04. The van der Waals surface area contributed by atoms with Crippen LogP contribution in [0.15, 0.2) is 16.6 Å². The Morgan fingerprint density at radius 1 is 1.28 bits per heavy atom. The Bertz CT molecular complexity index is 642. The second-order valence-electron chi connectivity index (χ2n) is 3.32. The third-order valence-electron chi connectivity index (χ3n) is 2.18. The molecule has 4 nitrogen and oxygen atoms in total. The smallest absolute Gasteiger partial charge is 0.353 e. The Hall–Kier alpha value is -1.83. The van der Waals surface area contributed by atoms with E-state index < -0.39 is 33.5 Å². The Balaban J connectivity index is 2.63. The molecule has 94 valence electrons. The molecule has 0 aliphatic carbocycles. The van der Waals surface area contributed by atoms with Crippen LogP contribution in [0.3, 0.4) is 0 Å². The second-order valence-corrected chi connectivity index (χ2v) is 4.11. The first-order valence-corrected chi connectivity index (χ1v) is 5.33. The lowest BCUT2D eigenvalue weighted by atomic mass is 10.1. The van der Waals surface area contributed by atoms with E-state index in [2.05, 4.69) is 26.1 Å². The number of hydrogen-bond donors (Lipinski definition) is 2. The third-order valence-corrected chi connectivity index (χ3v) is 2.91. The summed E-state index contributed by atoms with van der Waals surface area (Å²) < 4.78 is 39.7. The summed E-state index contributed by atoms with van der Waals surface area (Å²) in [6.45, 7) is 0. The van der Waals surface area contributed by atoms with E-state index >= 15 is 0 Å². The van der Waals surface area contributed by atoms with Gasteiger partial charge in [0.15, 0.2) is 5.82 Å². The second kappa shape index (κ2) is 4.45. The van der Waals surface area contributed by atoms with Gasteiger partial charge in [0.05, 0.1) is 15.7 Å². The normalized spacial score (nSPS) is 10.7. The zero-order valence-corrected chi connectivity index (χ0v) is 10.1. The van der Waals surface area contributed by atoms with Gasteiger partial charge in [-0.3, -0.25) is 5.10 Å². The molecule has 0 amide bonds. The van der Waals surface area contributed by atoms with Gasteiger partial charge < -0.3 is 5.11 Å². The molecule has 0 fully saturated rings. The fourth-order valence-corrected chi connectivity index (χ4v) is 1.67. The van der Waals surface area contributed by atoms with E-state index in [9.17, 15) is 18.0 Å². The highest BCUT2D eigenvalue weighted by molar-refractivity contribution is 9.10. The first kappa shape index (κ1) is 12.6. The molecular formula is C10H4BrF3N2O2. The molecule has 2 aromatic rings. The summed E-state index contributed by atoms with van der Waals surface area (Å²) in [7, 11) is 0. The van der Waals surface area contributed by atoms with Gasteiger partial charge >= 0.3 is 5.97 Å². The first-order valence-electron chi connectivity index (χ1n) is 4.54. The number of nitrogens with one attached hydrogen (secondary N) is 1. The maximum absolute atomic E-state index is 13.7. The predicted molar refractivity (Wildman–Crippen MR) is 58.6 cm³/mol. The van der Waals surface area contributed by atoms with Gasteiger partial charge in [0.1, 0.15) is 17.3 Å². The highest BCUT2D eigenvalue weighted by Gasteiger charge is 2.21. The van der Waals surface area contributed by atoms with E-state index in [1.807, 2.05) is 0 Å². The number of nitrogens with zero attached hydrogens (tertiary/aromatic N) is 1. The number of carboxylic acid groups (broad SMARTS) is 1. The van der Waals surface area contributed by atoms with Crippen molar-refractivity contribution in [2.24, 2.45) is 0 Å². The summed E-state index contributed by atoms with van der Waals surface area (Å²) >= 11 is 2.63. The Labute approximate surface area is 107 Å². The van der Waals surface area contributed by atoms with Crippen LogP contribution in [0.4, 0.5) is 13.2 Å². The number of aromatic carboxylic acids is 1. The van der Waals surface area contributed by atoms with Crippen molar-refractivity contribution in [2.75, 3.05) is 0 Å². The SMILES string of the molecule is O=C(O)c1cc(-c2c(F)cc(F)c(Br)c2F)n[nH]1. The maximum atomic E-state index is 13.7. The van der Waals surface area contributed by atoms with Gasteiger partial charge in [-0.05, 0) is 22.0 Å². The van der Waals surface area contributed by atoms with E-state index in [1.54, 1.807) is 0 Å². The molecule has 0 aliphatic heterocycles. The number of H-pyrrole nitrogens is 1. The van der Waals surface area contributed by atoms with E-state index in [0.717, 1.165) is 6.07 Å². The first-order chi connectivity index (χ1) is 8.41. The van der Waals surface area contributed by atoms with Gasteiger partial charge in [-0.15, -0.1) is 0 Å². The summed E-state index contributed by atoms with van der Waals surface area (Å²) in [5, 5.41) is 14.2. The number of hydrogen-bond acceptors (Lipinski definition) is 2. The molecule has 0 spiro atoms. The number of carboxylic acids is 1. The molecule has 0 radical (unpaired) electrons. The van der Waals surface area contributed by atoms with E-state index in [4.69, 9.17) is 5.11 Å². The number of rotatable bonds is 2. The van der Waals surface area contributed by atoms with Crippen LogP contribution >= 0.6 is 15.9 Å². The molecule has 2 N–H and O–H groups in total. The van der Waals surface area contributed by atoms with Crippen LogP contribution in [0, 0.1) is 17.5 Å². The van der Waals surface area contributed by atoms with Crippen LogP contribution in [0.1, 0.15) is 10.5 Å². The molecule has 0 bridgehead atoms. The molecule has 8 heteroatoms. The minimum Gasteiger partial charge on any atom is -0.477 e. The van der Waals surface area contributed by atoms with Gasteiger partial charge in [-0.2, -0.15) is 5.10 Å². The maximum Gasteiger partial charge on any atom is 0.353 e. The molecule has 0 saturated heterocycles. The van der Waals surface area contributed by atoms with Crippen molar-refractivity contribution in [3.05, 3.63) is 39.8 Å². The van der Waals surface area contributed by atoms with Gasteiger partial charge in [0.2, 0.25) is 0 Å². The number of benzene rings is 1. The zero-order chi connectivity index (χ0) is 13.4. The molecule has 0 unspecified atom stereocenters. The van der Waals surface area contributed by atoms with Gasteiger partial charge in [0.25, 0.3) is 0 Å². The minimum absolute atomic E-state index is 0.261. The molecule has 2 rings (SSSR count). The molecule has 1 aromatic heterocycles. The molecule has 1 heterocycles. The molecule has 0 saturated carbocycles. The average Bonchev–Trinajstić information content (AvgIpc) is 2.75. The van der Waals surface area contributed by atoms with Crippen molar-refractivity contribution < 1.29 is 23.1 Å². The highest BCUT2D eigenvalue weighted by Crippen LogP contribution is 2.31. The minimum atomic E-state index is -1.32. The standard InChI is InChI=1S/C10H4BrF3N2O2/c11-8-4(13)1-3(12)7(9(8)14)5-2-6(10(17)18)16-15-5/h1-2H,(H,15,16)(H,17,18). The van der Waals surface area contributed by atoms with Gasteiger partial charge in [-0.1, -0.05) is 0 Å². The Morgan fingerprint density at radius 3 is 2.50 bits per heavy atom. The Kier molecular flexibility index (Phi) is 3.12. The Morgan fingerprint density at radius 2 is 1.94 bits per heavy atom. The fourth-order valence-electron chi connectivity index (χ4n) is 1.36. The fraction of sp³-hybridized carbons (Fsp3) is 0. The number of aromatic amines is 1. The van der Waals surface area contributed by atoms with Crippen LogP contribution in [-0.4, -0.2) is 21.3 Å². The zero-order valence-electron chi connectivity index (χ0n) is 8.47. The van der Waals surface area contributed by atoms with Crippen LogP contribution < -0.4 is 0 Å². The predicted octanol–water partition coefficient (Wildman–Crippen LogP) is 2.95. The summed E-state index contributed by atoms with van der Waals surface area (Å²) in [6.07, 6.45) is 0. The van der Waals surface area contributed by atoms with Crippen LogP contribution in [0.2, 0.25) is 0 Å². The molecular weight excluding hydrogens is 317 g/mol. The van der Waals surface area contributed by atoms with E-state index in [0.29, 0.717) is 6.07 Å². The quantitative estimate of drug-likeness (QED) is 0.660. The van der Waals surface area contributed by atoms with Crippen molar-refractivity contribution in [1.82, 2.24) is 10.2 Å². The van der Waals surface area contributed by atoms with Crippen molar-refractivity contribution in [2.45, 2.75) is 0 Å². The van der Waals surface area contributed by atoms with Crippen molar-refractivity contribution in [1.29, 1.82) is 0 Å². The molecule has 18 heavy (non-hydrogen) atoms. The van der Waals surface area contributed by atoms with Gasteiger partial charge in [-0.25, -0.2) is 18.0 Å². The number of aromatic nitrogens is 2. The molecule has 1 aromatic carbocycles. The average molecular weight is 321 g/mol. The van der Waals surface area contributed by atoms with E-state index in [1.165, 1.54) is 0 Å². The lowest BCUT2D eigenvalue weighted by Crippen LogP contribution is -1.95. The summed E-state index contributed by atoms with van der Waals surface area (Å²) in [5.74, 6) is -4.77. The van der Waals surface area contributed by atoms with E-state index in [-0.39, 0.29) is 11.4 Å².